The van der Waals surface area contributed by atoms with Gasteiger partial charge in [-0.25, -0.2) is 0 Å². The van der Waals surface area contributed by atoms with Crippen LogP contribution < -0.4 is 5.73 Å². The molecule has 3 heteroatoms. The molecule has 0 fully saturated rings. The number of aromatic nitrogens is 1. The molecular weight excluding hydrogens is 244 g/mol. The zero-order valence-corrected chi connectivity index (χ0v) is 12.2. The lowest BCUT2D eigenvalue weighted by atomic mass is 10.0. The molecule has 2 rings (SSSR count). The number of benzene rings is 1. The van der Waals surface area contributed by atoms with Crippen molar-refractivity contribution >= 4 is 23.3 Å². The highest BCUT2D eigenvalue weighted by Crippen LogP contribution is 2.25. The lowest BCUT2D eigenvalue weighted by Gasteiger charge is -2.08. The number of nitrogens with zero attached hydrogens (tertiary/aromatic N) is 1. The molecule has 18 heavy (non-hydrogen) atoms. The molecule has 0 aliphatic heterocycles. The van der Waals surface area contributed by atoms with Gasteiger partial charge in [-0.3, -0.25) is 0 Å². The van der Waals surface area contributed by atoms with Crippen molar-refractivity contribution in [1.82, 2.24) is 4.57 Å². The minimum atomic E-state index is 0. The quantitative estimate of drug-likeness (QED) is 0.893. The summed E-state index contributed by atoms with van der Waals surface area (Å²) >= 11 is 0. The fourth-order valence-corrected chi connectivity index (χ4v) is 2.29. The summed E-state index contributed by atoms with van der Waals surface area (Å²) < 4.78 is 2.34. The Balaban J connectivity index is 0.00000162. The van der Waals surface area contributed by atoms with E-state index in [9.17, 15) is 0 Å². The summed E-state index contributed by atoms with van der Waals surface area (Å²) in [5.41, 5.74) is 8.77. The molecule has 0 aliphatic carbocycles. The molecule has 1 aromatic carbocycles. The molecule has 2 aromatic rings. The highest BCUT2D eigenvalue weighted by atomic mass is 35.5. The molecule has 1 aromatic heterocycles. The first-order valence-corrected chi connectivity index (χ1v) is 6.47. The largest absolute Gasteiger partial charge is 0.345 e. The van der Waals surface area contributed by atoms with Crippen LogP contribution in [0.3, 0.4) is 0 Å². The Morgan fingerprint density at radius 3 is 2.50 bits per heavy atom. The molecule has 1 unspecified atom stereocenters. The summed E-state index contributed by atoms with van der Waals surface area (Å²) in [6.45, 7) is 6.58. The van der Waals surface area contributed by atoms with Crippen LogP contribution in [0.1, 0.15) is 38.8 Å². The Kier molecular flexibility index (Phi) is 5.24. The standard InChI is InChI=1S/C15H22N2.ClH/c1-4-13(16)9-12-10-17(11(2)3)15-8-6-5-7-14(12)15;/h5-8,10-11,13H,4,9,16H2,1-3H3;1H. The number of hydrogen-bond donors (Lipinski definition) is 1. The van der Waals surface area contributed by atoms with Gasteiger partial charge in [-0.05, 0) is 38.3 Å². The van der Waals surface area contributed by atoms with E-state index in [0.29, 0.717) is 6.04 Å². The zero-order valence-electron chi connectivity index (χ0n) is 11.4. The third-order valence-corrected chi connectivity index (χ3v) is 3.39. The summed E-state index contributed by atoms with van der Waals surface area (Å²) in [5.74, 6) is 0. The van der Waals surface area contributed by atoms with E-state index in [4.69, 9.17) is 5.73 Å². The summed E-state index contributed by atoms with van der Waals surface area (Å²) in [7, 11) is 0. The van der Waals surface area contributed by atoms with Gasteiger partial charge in [-0.15, -0.1) is 12.4 Å². The smallest absolute Gasteiger partial charge is 0.0485 e. The third-order valence-electron chi connectivity index (χ3n) is 3.39. The van der Waals surface area contributed by atoms with Gasteiger partial charge in [0.15, 0.2) is 0 Å². The van der Waals surface area contributed by atoms with E-state index >= 15 is 0 Å². The van der Waals surface area contributed by atoms with Gasteiger partial charge in [0.25, 0.3) is 0 Å². The first kappa shape index (κ1) is 15.1. The fourth-order valence-electron chi connectivity index (χ4n) is 2.29. The van der Waals surface area contributed by atoms with Crippen molar-refractivity contribution in [3.63, 3.8) is 0 Å². The van der Waals surface area contributed by atoms with E-state index in [2.05, 4.69) is 55.8 Å². The number of nitrogens with two attached hydrogens (primary N) is 1. The van der Waals surface area contributed by atoms with Crippen LogP contribution >= 0.6 is 12.4 Å². The molecule has 1 heterocycles. The van der Waals surface area contributed by atoms with Gasteiger partial charge in [-0.2, -0.15) is 0 Å². The van der Waals surface area contributed by atoms with Crippen molar-refractivity contribution in [2.45, 2.75) is 45.7 Å². The van der Waals surface area contributed by atoms with Gasteiger partial charge in [-0.1, -0.05) is 25.1 Å². The number of para-hydroxylation sites is 1. The molecule has 0 radical (unpaired) electrons. The Morgan fingerprint density at radius 1 is 1.22 bits per heavy atom. The lowest BCUT2D eigenvalue weighted by Crippen LogP contribution is -2.21. The van der Waals surface area contributed by atoms with Crippen molar-refractivity contribution in [3.8, 4) is 0 Å². The summed E-state index contributed by atoms with van der Waals surface area (Å²) in [5, 5.41) is 1.35. The Hall–Kier alpha value is -0.990. The molecule has 0 amide bonds. The number of halogens is 1. The van der Waals surface area contributed by atoms with Gasteiger partial charge in [0, 0.05) is 29.2 Å². The van der Waals surface area contributed by atoms with E-state index in [0.717, 1.165) is 12.8 Å². The van der Waals surface area contributed by atoms with Gasteiger partial charge in [0.2, 0.25) is 0 Å². The minimum Gasteiger partial charge on any atom is -0.345 e. The highest BCUT2D eigenvalue weighted by Gasteiger charge is 2.11. The molecule has 1 atom stereocenters. The molecule has 0 saturated carbocycles. The molecule has 0 aliphatic rings. The van der Waals surface area contributed by atoms with Crippen molar-refractivity contribution in [2.24, 2.45) is 5.73 Å². The van der Waals surface area contributed by atoms with Gasteiger partial charge in [0.1, 0.15) is 0 Å². The van der Waals surface area contributed by atoms with Crippen LogP contribution in [0.4, 0.5) is 0 Å². The number of fused-ring (bicyclic) bond motifs is 1. The zero-order chi connectivity index (χ0) is 12.4. The first-order valence-electron chi connectivity index (χ1n) is 6.47. The van der Waals surface area contributed by atoms with Gasteiger partial charge in [0.05, 0.1) is 0 Å². The lowest BCUT2D eigenvalue weighted by molar-refractivity contribution is 0.612. The van der Waals surface area contributed by atoms with E-state index in [1.165, 1.54) is 16.5 Å². The van der Waals surface area contributed by atoms with Crippen LogP contribution in [0, 0.1) is 0 Å². The number of rotatable bonds is 4. The predicted octanol–water partition coefficient (Wildman–Crippen LogP) is 3.92. The van der Waals surface area contributed by atoms with E-state index in [1.54, 1.807) is 0 Å². The van der Waals surface area contributed by atoms with Crippen LogP contribution in [0.25, 0.3) is 10.9 Å². The predicted molar refractivity (Wildman–Crippen MR) is 81.5 cm³/mol. The van der Waals surface area contributed by atoms with E-state index < -0.39 is 0 Å². The maximum absolute atomic E-state index is 6.07. The molecule has 2 N–H and O–H groups in total. The number of hydrogen-bond acceptors (Lipinski definition) is 1. The molecule has 2 nitrogen and oxygen atoms in total. The Morgan fingerprint density at radius 2 is 1.89 bits per heavy atom. The minimum absolute atomic E-state index is 0. The van der Waals surface area contributed by atoms with E-state index in [-0.39, 0.29) is 18.4 Å². The Labute approximate surface area is 116 Å². The highest BCUT2D eigenvalue weighted by molar-refractivity contribution is 5.85. The summed E-state index contributed by atoms with van der Waals surface area (Å²) in [4.78, 5) is 0. The van der Waals surface area contributed by atoms with Crippen LogP contribution in [0.2, 0.25) is 0 Å². The average molecular weight is 267 g/mol. The normalized spacial score (nSPS) is 12.7. The topological polar surface area (TPSA) is 30.9 Å². The molecule has 0 bridgehead atoms. The van der Waals surface area contributed by atoms with Crippen LogP contribution in [-0.2, 0) is 6.42 Å². The van der Waals surface area contributed by atoms with Crippen LogP contribution in [-0.4, -0.2) is 10.6 Å². The third kappa shape index (κ3) is 2.88. The van der Waals surface area contributed by atoms with Crippen molar-refractivity contribution in [2.75, 3.05) is 0 Å². The summed E-state index contributed by atoms with van der Waals surface area (Å²) in [6.07, 6.45) is 4.27. The Bertz CT molecular complexity index is 502. The fraction of sp³-hybridized carbons (Fsp3) is 0.467. The van der Waals surface area contributed by atoms with Crippen molar-refractivity contribution in [3.05, 3.63) is 36.0 Å². The van der Waals surface area contributed by atoms with Crippen LogP contribution in [0.5, 0.6) is 0 Å². The van der Waals surface area contributed by atoms with Crippen LogP contribution in [0.15, 0.2) is 30.5 Å². The maximum atomic E-state index is 6.07. The van der Waals surface area contributed by atoms with Gasteiger partial charge < -0.3 is 10.3 Å². The van der Waals surface area contributed by atoms with Gasteiger partial charge >= 0.3 is 0 Å². The molecule has 100 valence electrons. The molecular formula is C15H23ClN2. The second kappa shape index (κ2) is 6.26. The SMILES string of the molecule is CCC(N)Cc1cn(C(C)C)c2ccccc12.Cl. The molecule has 0 spiro atoms. The average Bonchev–Trinajstić information content (AvgIpc) is 2.68. The maximum Gasteiger partial charge on any atom is 0.0485 e. The monoisotopic (exact) mass is 266 g/mol. The second-order valence-corrected chi connectivity index (χ2v) is 5.04. The first-order chi connectivity index (χ1) is 8.13. The second-order valence-electron chi connectivity index (χ2n) is 5.04. The summed E-state index contributed by atoms with van der Waals surface area (Å²) in [6, 6.07) is 9.36. The van der Waals surface area contributed by atoms with E-state index in [1.807, 2.05) is 0 Å². The van der Waals surface area contributed by atoms with Crippen molar-refractivity contribution < 1.29 is 0 Å². The molecule has 0 saturated heterocycles. The van der Waals surface area contributed by atoms with Crippen molar-refractivity contribution in [1.29, 1.82) is 0 Å².